The Hall–Kier alpha value is -3.03. The summed E-state index contributed by atoms with van der Waals surface area (Å²) in [7, 11) is 0. The maximum atomic E-state index is 12.2. The molecule has 2 aromatic rings. The first kappa shape index (κ1) is 18.8. The number of urea groups is 1. The Morgan fingerprint density at radius 3 is 2.63 bits per heavy atom. The van der Waals surface area contributed by atoms with Gasteiger partial charge in [-0.1, -0.05) is 18.2 Å². The zero-order chi connectivity index (χ0) is 19.1. The van der Waals surface area contributed by atoms with Crippen LogP contribution in [0.5, 0.6) is 5.75 Å². The summed E-state index contributed by atoms with van der Waals surface area (Å²) in [6, 6.07) is 9.47. The fourth-order valence-corrected chi connectivity index (χ4v) is 2.93. The molecule has 1 fully saturated rings. The van der Waals surface area contributed by atoms with Gasteiger partial charge < -0.3 is 24.6 Å². The normalized spacial score (nSPS) is 14.1. The van der Waals surface area contributed by atoms with Gasteiger partial charge >= 0.3 is 12.1 Å². The van der Waals surface area contributed by atoms with Crippen molar-refractivity contribution in [1.29, 1.82) is 0 Å². The van der Waals surface area contributed by atoms with Crippen LogP contribution in [0, 0.1) is 0 Å². The third-order valence-corrected chi connectivity index (χ3v) is 4.32. The Morgan fingerprint density at radius 2 is 1.85 bits per heavy atom. The molecule has 0 spiro atoms. The molecule has 8 heteroatoms. The molecule has 1 aromatic carbocycles. The summed E-state index contributed by atoms with van der Waals surface area (Å²) in [6.07, 6.45) is 1.40. The minimum atomic E-state index is -0.324. The van der Waals surface area contributed by atoms with Gasteiger partial charge in [-0.3, -0.25) is 4.98 Å². The van der Waals surface area contributed by atoms with Gasteiger partial charge in [-0.05, 0) is 19.1 Å². The lowest BCUT2D eigenvalue weighted by Gasteiger charge is -2.33. The van der Waals surface area contributed by atoms with Crippen LogP contribution in [0.4, 0.5) is 9.59 Å². The van der Waals surface area contributed by atoms with Gasteiger partial charge in [0, 0.05) is 37.8 Å². The van der Waals surface area contributed by atoms with Gasteiger partial charge in [0.25, 0.3) is 0 Å². The Balaban J connectivity index is 1.41. The zero-order valence-corrected chi connectivity index (χ0v) is 15.4. The Bertz CT molecular complexity index is 785. The molecule has 8 nitrogen and oxygen atoms in total. The molecule has 3 amide bonds. The maximum Gasteiger partial charge on any atom is 0.409 e. The van der Waals surface area contributed by atoms with E-state index in [0.717, 1.165) is 10.9 Å². The van der Waals surface area contributed by atoms with Crippen LogP contribution in [0.15, 0.2) is 36.5 Å². The lowest BCUT2D eigenvalue weighted by Crippen LogP contribution is -2.53. The second kappa shape index (κ2) is 9.07. The molecular formula is C19H24N4O4. The molecule has 1 aliphatic rings. The van der Waals surface area contributed by atoms with Crippen LogP contribution < -0.4 is 10.1 Å². The van der Waals surface area contributed by atoms with Gasteiger partial charge in [-0.2, -0.15) is 0 Å². The van der Waals surface area contributed by atoms with Crippen LogP contribution in [0.2, 0.25) is 0 Å². The molecular weight excluding hydrogens is 348 g/mol. The molecule has 0 bridgehead atoms. The Morgan fingerprint density at radius 1 is 1.11 bits per heavy atom. The number of hydrogen-bond donors (Lipinski definition) is 1. The first-order chi connectivity index (χ1) is 13.2. The number of nitrogens with zero attached hydrogens (tertiary/aromatic N) is 3. The van der Waals surface area contributed by atoms with Crippen LogP contribution in [-0.2, 0) is 4.74 Å². The minimum Gasteiger partial charge on any atom is -0.489 e. The molecule has 144 valence electrons. The summed E-state index contributed by atoms with van der Waals surface area (Å²) in [5, 5.41) is 3.86. The maximum absolute atomic E-state index is 12.2. The van der Waals surface area contributed by atoms with E-state index < -0.39 is 0 Å². The second-order valence-electron chi connectivity index (χ2n) is 6.08. The summed E-state index contributed by atoms with van der Waals surface area (Å²) in [5.74, 6) is 0.699. The smallest absolute Gasteiger partial charge is 0.409 e. The van der Waals surface area contributed by atoms with Gasteiger partial charge in [-0.25, -0.2) is 9.59 Å². The van der Waals surface area contributed by atoms with Crippen LogP contribution in [0.25, 0.3) is 10.9 Å². The molecule has 27 heavy (non-hydrogen) atoms. The van der Waals surface area contributed by atoms with Gasteiger partial charge in [0.2, 0.25) is 0 Å². The van der Waals surface area contributed by atoms with Crippen LogP contribution in [-0.4, -0.2) is 72.8 Å². The third kappa shape index (κ3) is 4.78. The predicted octanol–water partition coefficient (Wildman–Crippen LogP) is 2.10. The zero-order valence-electron chi connectivity index (χ0n) is 15.4. The number of hydrogen-bond acceptors (Lipinski definition) is 5. The largest absolute Gasteiger partial charge is 0.489 e. The van der Waals surface area contributed by atoms with Crippen molar-refractivity contribution < 1.29 is 19.1 Å². The molecule has 2 heterocycles. The van der Waals surface area contributed by atoms with Crippen LogP contribution >= 0.6 is 0 Å². The fraction of sp³-hybridized carbons (Fsp3) is 0.421. The molecule has 0 radical (unpaired) electrons. The van der Waals surface area contributed by atoms with Gasteiger partial charge in [0.05, 0.1) is 13.2 Å². The summed E-state index contributed by atoms with van der Waals surface area (Å²) in [4.78, 5) is 31.6. The number of fused-ring (bicyclic) bond motifs is 1. The monoisotopic (exact) mass is 372 g/mol. The molecule has 0 unspecified atom stereocenters. The molecule has 0 atom stereocenters. The van der Waals surface area contributed by atoms with E-state index >= 15 is 0 Å². The highest BCUT2D eigenvalue weighted by molar-refractivity contribution is 5.84. The van der Waals surface area contributed by atoms with E-state index in [4.69, 9.17) is 9.47 Å². The van der Waals surface area contributed by atoms with E-state index in [1.807, 2.05) is 30.3 Å². The van der Waals surface area contributed by atoms with Crippen molar-refractivity contribution in [2.24, 2.45) is 0 Å². The molecule has 3 rings (SSSR count). The Kier molecular flexibility index (Phi) is 6.30. The third-order valence-electron chi connectivity index (χ3n) is 4.32. The SMILES string of the molecule is CCOC(=O)N1CCN(C(=O)NCCOc2cccc3cccnc23)CC1. The molecule has 0 saturated carbocycles. The van der Waals surface area contributed by atoms with Crippen molar-refractivity contribution in [3.05, 3.63) is 36.5 Å². The number of carbonyl (C=O) groups excluding carboxylic acids is 2. The molecule has 1 aliphatic heterocycles. The quantitative estimate of drug-likeness (QED) is 0.813. The number of carbonyl (C=O) groups is 2. The van der Waals surface area contributed by atoms with Crippen LogP contribution in [0.1, 0.15) is 6.92 Å². The topological polar surface area (TPSA) is 84.0 Å². The van der Waals surface area contributed by atoms with E-state index in [1.54, 1.807) is 22.9 Å². The average molecular weight is 372 g/mol. The standard InChI is InChI=1S/C19H24N4O4/c1-2-26-19(25)23-12-10-22(11-13-23)18(24)21-9-14-27-16-7-3-5-15-6-4-8-20-17(15)16/h3-8H,2,9-14H2,1H3,(H,21,24). The van der Waals surface area contributed by atoms with Gasteiger partial charge in [-0.15, -0.1) is 0 Å². The predicted molar refractivity (Wildman–Crippen MR) is 101 cm³/mol. The highest BCUT2D eigenvalue weighted by Crippen LogP contribution is 2.22. The molecule has 1 saturated heterocycles. The van der Waals surface area contributed by atoms with Crippen molar-refractivity contribution in [1.82, 2.24) is 20.1 Å². The highest BCUT2D eigenvalue weighted by Gasteiger charge is 2.24. The fourth-order valence-electron chi connectivity index (χ4n) is 2.93. The summed E-state index contributed by atoms with van der Waals surface area (Å²) >= 11 is 0. The van der Waals surface area contributed by atoms with E-state index in [2.05, 4.69) is 10.3 Å². The van der Waals surface area contributed by atoms with E-state index in [0.29, 0.717) is 51.7 Å². The number of amides is 3. The van der Waals surface area contributed by atoms with Crippen molar-refractivity contribution in [2.75, 3.05) is 45.9 Å². The van der Waals surface area contributed by atoms with E-state index in [1.165, 1.54) is 0 Å². The number of rotatable bonds is 5. The number of benzene rings is 1. The summed E-state index contributed by atoms with van der Waals surface area (Å²) in [5.41, 5.74) is 0.807. The van der Waals surface area contributed by atoms with E-state index in [-0.39, 0.29) is 12.1 Å². The summed E-state index contributed by atoms with van der Waals surface area (Å²) in [6.45, 7) is 4.79. The number of pyridine rings is 1. The van der Waals surface area contributed by atoms with Gasteiger partial charge in [0.1, 0.15) is 17.9 Å². The number of ether oxygens (including phenoxy) is 2. The lowest BCUT2D eigenvalue weighted by molar-refractivity contribution is 0.0851. The van der Waals surface area contributed by atoms with Crippen molar-refractivity contribution in [3.8, 4) is 5.75 Å². The van der Waals surface area contributed by atoms with E-state index in [9.17, 15) is 9.59 Å². The first-order valence-electron chi connectivity index (χ1n) is 9.10. The second-order valence-corrected chi connectivity index (χ2v) is 6.08. The molecule has 0 aliphatic carbocycles. The molecule has 1 N–H and O–H groups in total. The molecule has 1 aromatic heterocycles. The summed E-state index contributed by atoms with van der Waals surface area (Å²) < 4.78 is 10.7. The minimum absolute atomic E-state index is 0.154. The number of aromatic nitrogens is 1. The van der Waals surface area contributed by atoms with Crippen molar-refractivity contribution in [3.63, 3.8) is 0 Å². The number of para-hydroxylation sites is 1. The van der Waals surface area contributed by atoms with Crippen molar-refractivity contribution in [2.45, 2.75) is 6.92 Å². The first-order valence-corrected chi connectivity index (χ1v) is 9.10. The number of nitrogens with one attached hydrogen (secondary N) is 1. The van der Waals surface area contributed by atoms with Gasteiger partial charge in [0.15, 0.2) is 0 Å². The van der Waals surface area contributed by atoms with Crippen LogP contribution in [0.3, 0.4) is 0 Å². The lowest BCUT2D eigenvalue weighted by atomic mass is 10.2. The number of piperazine rings is 1. The highest BCUT2D eigenvalue weighted by atomic mass is 16.6. The Labute approximate surface area is 158 Å². The average Bonchev–Trinajstić information content (AvgIpc) is 2.71. The van der Waals surface area contributed by atoms with Crippen molar-refractivity contribution >= 4 is 23.0 Å².